The Balaban J connectivity index is 1.40. The molecule has 4 aromatic rings. The van der Waals surface area contributed by atoms with Crippen LogP contribution in [0.25, 0.3) is 22.3 Å². The Labute approximate surface area is 174 Å². The maximum absolute atomic E-state index is 12.0. The third kappa shape index (κ3) is 4.68. The van der Waals surface area contributed by atoms with E-state index >= 15 is 0 Å². The second-order valence-corrected chi connectivity index (χ2v) is 7.45. The largest absolute Gasteiger partial charge is 0.457 e. The highest BCUT2D eigenvalue weighted by Crippen LogP contribution is 2.27. The van der Waals surface area contributed by atoms with E-state index in [1.54, 1.807) is 6.20 Å². The molecule has 2 heterocycles. The van der Waals surface area contributed by atoms with Gasteiger partial charge in [0.15, 0.2) is 0 Å². The molecular formula is C23H25N5O2. The fourth-order valence-electron chi connectivity index (χ4n) is 3.16. The van der Waals surface area contributed by atoms with Gasteiger partial charge in [-0.2, -0.15) is 5.10 Å². The average molecular weight is 403 g/mol. The number of hydrogen-bond acceptors (Lipinski definition) is 4. The van der Waals surface area contributed by atoms with Crippen LogP contribution < -0.4 is 10.1 Å². The van der Waals surface area contributed by atoms with Gasteiger partial charge >= 0.3 is 0 Å². The third-order valence-electron chi connectivity index (χ3n) is 5.09. The molecule has 2 aromatic heterocycles. The van der Waals surface area contributed by atoms with E-state index in [4.69, 9.17) is 4.74 Å². The van der Waals surface area contributed by atoms with Gasteiger partial charge in [0.2, 0.25) is 5.91 Å². The molecule has 1 amide bonds. The molecule has 4 rings (SSSR count). The summed E-state index contributed by atoms with van der Waals surface area (Å²) in [5.74, 6) is 2.62. The molecule has 7 nitrogen and oxygen atoms in total. The van der Waals surface area contributed by atoms with E-state index in [-0.39, 0.29) is 5.91 Å². The van der Waals surface area contributed by atoms with Crippen molar-refractivity contribution in [1.82, 2.24) is 25.5 Å². The van der Waals surface area contributed by atoms with Crippen LogP contribution in [0.1, 0.15) is 32.5 Å². The second-order valence-electron chi connectivity index (χ2n) is 7.45. The molecule has 1 unspecified atom stereocenters. The molecule has 0 saturated heterocycles. The molecule has 0 bridgehead atoms. The molecule has 0 spiro atoms. The van der Waals surface area contributed by atoms with E-state index < -0.39 is 0 Å². The summed E-state index contributed by atoms with van der Waals surface area (Å²) in [6.07, 6.45) is 3.26. The number of hydrogen-bond donors (Lipinski definition) is 3. The fourth-order valence-corrected chi connectivity index (χ4v) is 3.16. The van der Waals surface area contributed by atoms with Crippen LogP contribution in [-0.4, -0.2) is 26.1 Å². The van der Waals surface area contributed by atoms with Crippen molar-refractivity contribution in [2.75, 3.05) is 0 Å². The van der Waals surface area contributed by atoms with Crippen molar-refractivity contribution in [3.8, 4) is 22.8 Å². The summed E-state index contributed by atoms with van der Waals surface area (Å²) in [5.41, 5.74) is 3.71. The van der Waals surface area contributed by atoms with Crippen LogP contribution >= 0.6 is 0 Å². The van der Waals surface area contributed by atoms with E-state index in [1.807, 2.05) is 48.5 Å². The molecule has 0 fully saturated rings. The van der Waals surface area contributed by atoms with Crippen molar-refractivity contribution >= 4 is 16.9 Å². The predicted octanol–water partition coefficient (Wildman–Crippen LogP) is 4.80. The number of amides is 1. The SMILES string of the molecule is CCC(C)CC(=O)NCc1nc2ccc(Oc3ccc(-c4ccn[nH]4)cc3)cc2[nH]1. The Morgan fingerprint density at radius 3 is 2.67 bits per heavy atom. The highest BCUT2D eigenvalue weighted by Gasteiger charge is 2.09. The number of carbonyl (C=O) groups excluding carboxylic acids is 1. The Kier molecular flexibility index (Phi) is 5.79. The summed E-state index contributed by atoms with van der Waals surface area (Å²) in [5, 5.41) is 9.84. The molecule has 0 aliphatic rings. The predicted molar refractivity (Wildman–Crippen MR) is 116 cm³/mol. The van der Waals surface area contributed by atoms with Crippen molar-refractivity contribution in [1.29, 1.82) is 0 Å². The quantitative estimate of drug-likeness (QED) is 0.394. The number of ether oxygens (including phenoxy) is 1. The minimum atomic E-state index is 0.0485. The number of carbonyl (C=O) groups is 1. The number of H-pyrrole nitrogens is 2. The molecule has 0 aliphatic carbocycles. The van der Waals surface area contributed by atoms with Gasteiger partial charge in [-0.05, 0) is 53.9 Å². The first-order valence-corrected chi connectivity index (χ1v) is 10.1. The van der Waals surface area contributed by atoms with Gasteiger partial charge in [-0.3, -0.25) is 9.89 Å². The minimum Gasteiger partial charge on any atom is -0.457 e. The van der Waals surface area contributed by atoms with E-state index in [9.17, 15) is 4.79 Å². The minimum absolute atomic E-state index is 0.0485. The van der Waals surface area contributed by atoms with Crippen LogP contribution in [0.2, 0.25) is 0 Å². The lowest BCUT2D eigenvalue weighted by atomic mass is 10.1. The first-order chi connectivity index (χ1) is 14.6. The standard InChI is InChI=1S/C23H25N5O2/c1-3-15(2)12-23(29)24-14-22-26-20-9-8-18(13-21(20)27-22)30-17-6-4-16(5-7-17)19-10-11-25-28-19/h4-11,13,15H,3,12,14H2,1-2H3,(H,24,29)(H,25,28)(H,26,27). The summed E-state index contributed by atoms with van der Waals surface area (Å²) < 4.78 is 5.98. The molecule has 154 valence electrons. The number of rotatable bonds is 8. The molecule has 1 atom stereocenters. The second kappa shape index (κ2) is 8.82. The molecule has 3 N–H and O–H groups in total. The average Bonchev–Trinajstić information content (AvgIpc) is 3.42. The zero-order valence-electron chi connectivity index (χ0n) is 17.1. The number of imidazole rings is 1. The molecular weight excluding hydrogens is 378 g/mol. The maximum Gasteiger partial charge on any atom is 0.220 e. The molecule has 2 aromatic carbocycles. The van der Waals surface area contributed by atoms with Crippen LogP contribution in [0, 0.1) is 5.92 Å². The molecule has 7 heteroatoms. The monoisotopic (exact) mass is 403 g/mol. The van der Waals surface area contributed by atoms with Gasteiger partial charge in [-0.25, -0.2) is 4.98 Å². The summed E-state index contributed by atoms with van der Waals surface area (Å²) >= 11 is 0. The van der Waals surface area contributed by atoms with Crippen molar-refractivity contribution in [2.24, 2.45) is 5.92 Å². The van der Waals surface area contributed by atoms with E-state index in [0.29, 0.717) is 24.6 Å². The van der Waals surface area contributed by atoms with Crippen molar-refractivity contribution < 1.29 is 9.53 Å². The van der Waals surface area contributed by atoms with E-state index in [1.165, 1.54) is 0 Å². The zero-order chi connectivity index (χ0) is 20.9. The summed E-state index contributed by atoms with van der Waals surface area (Å²) in [6.45, 7) is 4.55. The van der Waals surface area contributed by atoms with Gasteiger partial charge < -0.3 is 15.0 Å². The molecule has 0 aliphatic heterocycles. The van der Waals surface area contributed by atoms with Crippen LogP contribution in [0.5, 0.6) is 11.5 Å². The van der Waals surface area contributed by atoms with Gasteiger partial charge in [-0.1, -0.05) is 20.3 Å². The van der Waals surface area contributed by atoms with Gasteiger partial charge in [0, 0.05) is 18.7 Å². The van der Waals surface area contributed by atoms with Gasteiger partial charge in [0.05, 0.1) is 23.3 Å². The van der Waals surface area contributed by atoms with Crippen LogP contribution in [0.3, 0.4) is 0 Å². The number of benzene rings is 2. The van der Waals surface area contributed by atoms with Gasteiger partial charge in [0.25, 0.3) is 0 Å². The molecule has 0 radical (unpaired) electrons. The number of aromatic amines is 2. The summed E-state index contributed by atoms with van der Waals surface area (Å²) in [6, 6.07) is 15.4. The summed E-state index contributed by atoms with van der Waals surface area (Å²) in [4.78, 5) is 19.8. The number of fused-ring (bicyclic) bond motifs is 1. The first-order valence-electron chi connectivity index (χ1n) is 10.1. The van der Waals surface area contributed by atoms with Crippen molar-refractivity contribution in [2.45, 2.75) is 33.2 Å². The maximum atomic E-state index is 12.0. The fraction of sp³-hybridized carbons (Fsp3) is 0.261. The zero-order valence-corrected chi connectivity index (χ0v) is 17.1. The van der Waals surface area contributed by atoms with Crippen molar-refractivity contribution in [3.05, 3.63) is 60.6 Å². The first kappa shape index (κ1) is 19.7. The molecule has 30 heavy (non-hydrogen) atoms. The van der Waals surface area contributed by atoms with E-state index in [2.05, 4.69) is 39.3 Å². The van der Waals surface area contributed by atoms with E-state index in [0.717, 1.165) is 40.3 Å². The Morgan fingerprint density at radius 1 is 1.13 bits per heavy atom. The topological polar surface area (TPSA) is 95.7 Å². The number of nitrogens with one attached hydrogen (secondary N) is 3. The normalized spacial score (nSPS) is 12.1. The lowest BCUT2D eigenvalue weighted by Gasteiger charge is -2.07. The number of nitrogens with zero attached hydrogens (tertiary/aromatic N) is 2. The van der Waals surface area contributed by atoms with Crippen LogP contribution in [0.15, 0.2) is 54.7 Å². The lowest BCUT2D eigenvalue weighted by molar-refractivity contribution is -0.122. The van der Waals surface area contributed by atoms with Gasteiger partial charge in [-0.15, -0.1) is 0 Å². The molecule has 0 saturated carbocycles. The summed E-state index contributed by atoms with van der Waals surface area (Å²) in [7, 11) is 0. The smallest absolute Gasteiger partial charge is 0.220 e. The highest BCUT2D eigenvalue weighted by molar-refractivity contribution is 5.78. The van der Waals surface area contributed by atoms with Gasteiger partial charge in [0.1, 0.15) is 17.3 Å². The Bertz CT molecular complexity index is 1120. The lowest BCUT2D eigenvalue weighted by Crippen LogP contribution is -2.24. The van der Waals surface area contributed by atoms with Crippen molar-refractivity contribution in [3.63, 3.8) is 0 Å². The third-order valence-corrected chi connectivity index (χ3v) is 5.09. The number of aromatic nitrogens is 4. The Hall–Kier alpha value is -3.61. The van der Waals surface area contributed by atoms with Crippen LogP contribution in [-0.2, 0) is 11.3 Å². The van der Waals surface area contributed by atoms with Crippen LogP contribution in [0.4, 0.5) is 0 Å². The Morgan fingerprint density at radius 2 is 1.93 bits per heavy atom. The highest BCUT2D eigenvalue weighted by atomic mass is 16.5.